The lowest BCUT2D eigenvalue weighted by Crippen LogP contribution is -2.28. The molecule has 1 atom stereocenters. The maximum absolute atomic E-state index is 13.2. The second-order valence-electron chi connectivity index (χ2n) is 3.83. The Balaban J connectivity index is 2.42. The van der Waals surface area contributed by atoms with E-state index in [1.165, 1.54) is 6.07 Å². The minimum absolute atomic E-state index is 0.446. The Morgan fingerprint density at radius 3 is 2.33 bits per heavy atom. The molecule has 0 fully saturated rings. The Labute approximate surface area is 108 Å². The van der Waals surface area contributed by atoms with Gasteiger partial charge in [-0.1, -0.05) is 29.8 Å². The van der Waals surface area contributed by atoms with Crippen molar-refractivity contribution in [2.45, 2.75) is 6.04 Å². The van der Waals surface area contributed by atoms with E-state index in [1.807, 2.05) is 0 Å². The van der Waals surface area contributed by atoms with Crippen LogP contribution in [-0.4, -0.2) is 0 Å². The van der Waals surface area contributed by atoms with Crippen LogP contribution in [0.2, 0.25) is 5.02 Å². The van der Waals surface area contributed by atoms with Gasteiger partial charge in [0.25, 0.3) is 0 Å². The zero-order valence-corrected chi connectivity index (χ0v) is 10.1. The fraction of sp³-hybridized carbons (Fsp3) is 0.0769. The van der Waals surface area contributed by atoms with Gasteiger partial charge in [-0.25, -0.2) is 14.2 Å². The van der Waals surface area contributed by atoms with Crippen LogP contribution in [0.5, 0.6) is 0 Å². The first-order valence-electron chi connectivity index (χ1n) is 5.28. The molecule has 2 rings (SSSR count). The maximum atomic E-state index is 13.2. The summed E-state index contributed by atoms with van der Waals surface area (Å²) in [6.07, 6.45) is 0. The van der Waals surface area contributed by atoms with Crippen molar-refractivity contribution < 1.29 is 8.78 Å². The van der Waals surface area contributed by atoms with E-state index in [4.69, 9.17) is 17.4 Å². The predicted octanol–water partition coefficient (Wildman–Crippen LogP) is 3.17. The van der Waals surface area contributed by atoms with E-state index >= 15 is 0 Å². The van der Waals surface area contributed by atoms with E-state index < -0.39 is 17.7 Å². The van der Waals surface area contributed by atoms with Crippen molar-refractivity contribution >= 4 is 11.6 Å². The molecule has 0 saturated heterocycles. The smallest absolute Gasteiger partial charge is 0.159 e. The van der Waals surface area contributed by atoms with E-state index in [9.17, 15) is 8.78 Å². The van der Waals surface area contributed by atoms with E-state index in [0.29, 0.717) is 10.6 Å². The molecule has 0 aliphatic heterocycles. The number of hydrazine groups is 1. The standard InChI is InChI=1S/C13H11ClF2N2/c14-10-3-1-2-8(6-10)13(18-17)9-4-5-11(15)12(16)7-9/h1-7,13,18H,17H2. The van der Waals surface area contributed by atoms with Crippen LogP contribution in [0.1, 0.15) is 17.2 Å². The van der Waals surface area contributed by atoms with Gasteiger partial charge in [0.2, 0.25) is 0 Å². The molecule has 2 nitrogen and oxygen atoms in total. The lowest BCUT2D eigenvalue weighted by Gasteiger charge is -2.17. The molecular formula is C13H11ClF2N2. The summed E-state index contributed by atoms with van der Waals surface area (Å²) in [4.78, 5) is 0. The molecule has 0 aromatic heterocycles. The van der Waals surface area contributed by atoms with Gasteiger partial charge < -0.3 is 0 Å². The van der Waals surface area contributed by atoms with Gasteiger partial charge in [-0.2, -0.15) is 0 Å². The fourth-order valence-corrected chi connectivity index (χ4v) is 1.96. The monoisotopic (exact) mass is 268 g/mol. The van der Waals surface area contributed by atoms with Crippen molar-refractivity contribution in [3.63, 3.8) is 0 Å². The average molecular weight is 269 g/mol. The molecular weight excluding hydrogens is 258 g/mol. The molecule has 0 saturated carbocycles. The number of halogens is 3. The summed E-state index contributed by atoms with van der Waals surface area (Å²) in [5, 5.41) is 0.551. The molecule has 0 heterocycles. The third kappa shape index (κ3) is 2.67. The van der Waals surface area contributed by atoms with Crippen LogP contribution in [0.4, 0.5) is 8.78 Å². The molecule has 2 aromatic rings. The molecule has 5 heteroatoms. The molecule has 3 N–H and O–H groups in total. The Hall–Kier alpha value is -1.49. The van der Waals surface area contributed by atoms with Crippen LogP contribution in [0, 0.1) is 11.6 Å². The summed E-state index contributed by atoms with van der Waals surface area (Å²) in [5.74, 6) is 3.67. The van der Waals surface area contributed by atoms with Crippen molar-refractivity contribution in [2.24, 2.45) is 5.84 Å². The van der Waals surface area contributed by atoms with Gasteiger partial charge in [-0.05, 0) is 35.4 Å². The molecule has 0 aliphatic rings. The molecule has 0 radical (unpaired) electrons. The van der Waals surface area contributed by atoms with Gasteiger partial charge in [0.05, 0.1) is 6.04 Å². The normalized spacial score (nSPS) is 12.4. The summed E-state index contributed by atoms with van der Waals surface area (Å²) in [5.41, 5.74) is 3.86. The van der Waals surface area contributed by atoms with Crippen molar-refractivity contribution in [3.05, 3.63) is 70.2 Å². The first-order valence-corrected chi connectivity index (χ1v) is 5.66. The molecule has 1 unspecified atom stereocenters. The summed E-state index contributed by atoms with van der Waals surface area (Å²) < 4.78 is 26.1. The molecule has 0 amide bonds. The summed E-state index contributed by atoms with van der Waals surface area (Å²) in [6, 6.07) is 10.2. The van der Waals surface area contributed by atoms with E-state index in [2.05, 4.69) is 5.43 Å². The molecule has 0 bridgehead atoms. The maximum Gasteiger partial charge on any atom is 0.159 e. The quantitative estimate of drug-likeness (QED) is 0.663. The fourth-order valence-electron chi connectivity index (χ4n) is 1.76. The van der Waals surface area contributed by atoms with E-state index in [0.717, 1.165) is 17.7 Å². The summed E-state index contributed by atoms with van der Waals surface area (Å²) in [7, 11) is 0. The van der Waals surface area contributed by atoms with Gasteiger partial charge in [-0.3, -0.25) is 5.84 Å². The topological polar surface area (TPSA) is 38.0 Å². The number of hydrogen-bond donors (Lipinski definition) is 2. The highest BCUT2D eigenvalue weighted by atomic mass is 35.5. The van der Waals surface area contributed by atoms with Gasteiger partial charge in [0, 0.05) is 5.02 Å². The van der Waals surface area contributed by atoms with Crippen LogP contribution < -0.4 is 11.3 Å². The molecule has 94 valence electrons. The minimum atomic E-state index is -0.908. The van der Waals surface area contributed by atoms with Crippen molar-refractivity contribution in [3.8, 4) is 0 Å². The number of hydrogen-bond acceptors (Lipinski definition) is 2. The van der Waals surface area contributed by atoms with Crippen molar-refractivity contribution in [1.82, 2.24) is 5.43 Å². The van der Waals surface area contributed by atoms with Crippen LogP contribution in [0.25, 0.3) is 0 Å². The number of nitrogens with two attached hydrogens (primary N) is 1. The lowest BCUT2D eigenvalue weighted by molar-refractivity contribution is 0.504. The van der Waals surface area contributed by atoms with Crippen molar-refractivity contribution in [1.29, 1.82) is 0 Å². The average Bonchev–Trinajstić information content (AvgIpc) is 2.35. The van der Waals surface area contributed by atoms with Gasteiger partial charge in [0.1, 0.15) is 0 Å². The minimum Gasteiger partial charge on any atom is -0.271 e. The first-order chi connectivity index (χ1) is 8.61. The van der Waals surface area contributed by atoms with Crippen LogP contribution >= 0.6 is 11.6 Å². The first kappa shape index (κ1) is 13.0. The highest BCUT2D eigenvalue weighted by Gasteiger charge is 2.14. The number of benzene rings is 2. The Morgan fingerprint density at radius 2 is 1.72 bits per heavy atom. The third-order valence-corrected chi connectivity index (χ3v) is 2.86. The second kappa shape index (κ2) is 5.44. The Kier molecular flexibility index (Phi) is 3.91. The predicted molar refractivity (Wildman–Crippen MR) is 67.0 cm³/mol. The SMILES string of the molecule is NNC(c1cccc(Cl)c1)c1ccc(F)c(F)c1. The largest absolute Gasteiger partial charge is 0.271 e. The lowest BCUT2D eigenvalue weighted by atomic mass is 9.99. The molecule has 18 heavy (non-hydrogen) atoms. The van der Waals surface area contributed by atoms with Crippen LogP contribution in [0.3, 0.4) is 0 Å². The Morgan fingerprint density at radius 1 is 1.00 bits per heavy atom. The Bertz CT molecular complexity index is 560. The van der Waals surface area contributed by atoms with Gasteiger partial charge >= 0.3 is 0 Å². The van der Waals surface area contributed by atoms with Crippen molar-refractivity contribution in [2.75, 3.05) is 0 Å². The van der Waals surface area contributed by atoms with E-state index in [-0.39, 0.29) is 0 Å². The zero-order valence-electron chi connectivity index (χ0n) is 9.33. The number of nitrogens with one attached hydrogen (secondary N) is 1. The van der Waals surface area contributed by atoms with E-state index in [1.54, 1.807) is 24.3 Å². The van der Waals surface area contributed by atoms with Crippen LogP contribution in [0.15, 0.2) is 42.5 Å². The third-order valence-electron chi connectivity index (χ3n) is 2.63. The van der Waals surface area contributed by atoms with Gasteiger partial charge in [-0.15, -0.1) is 0 Å². The summed E-state index contributed by atoms with van der Waals surface area (Å²) >= 11 is 5.89. The van der Waals surface area contributed by atoms with Gasteiger partial charge in [0.15, 0.2) is 11.6 Å². The zero-order chi connectivity index (χ0) is 13.1. The molecule has 0 spiro atoms. The second-order valence-corrected chi connectivity index (χ2v) is 4.26. The highest BCUT2D eigenvalue weighted by Crippen LogP contribution is 2.24. The molecule has 0 aliphatic carbocycles. The number of rotatable bonds is 3. The molecule has 2 aromatic carbocycles. The summed E-state index contributed by atoms with van der Waals surface area (Å²) in [6.45, 7) is 0. The highest BCUT2D eigenvalue weighted by molar-refractivity contribution is 6.30. The van der Waals surface area contributed by atoms with Crippen LogP contribution in [-0.2, 0) is 0 Å².